The van der Waals surface area contributed by atoms with Crippen molar-refractivity contribution >= 4 is 28.2 Å². The van der Waals surface area contributed by atoms with E-state index in [0.29, 0.717) is 28.8 Å². The van der Waals surface area contributed by atoms with Crippen molar-refractivity contribution in [3.05, 3.63) is 40.0 Å². The number of rotatable bonds is 3. The molecule has 1 aliphatic heterocycles. The van der Waals surface area contributed by atoms with Gasteiger partial charge in [0.15, 0.2) is 0 Å². The van der Waals surface area contributed by atoms with E-state index in [9.17, 15) is 10.1 Å². The molecule has 2 aromatic heterocycles. The number of nitrogens with zero attached hydrogens (tertiary/aromatic N) is 3. The third-order valence-electron chi connectivity index (χ3n) is 5.13. The molecule has 1 aliphatic rings. The molecule has 0 saturated heterocycles. The van der Waals surface area contributed by atoms with Crippen LogP contribution in [0.4, 0.5) is 0 Å². The molecule has 0 amide bonds. The summed E-state index contributed by atoms with van der Waals surface area (Å²) in [5, 5.41) is 11.6. The summed E-state index contributed by atoms with van der Waals surface area (Å²) in [6, 6.07) is 8.94. The Morgan fingerprint density at radius 1 is 1.44 bits per heavy atom. The van der Waals surface area contributed by atoms with Crippen LogP contribution < -0.4 is 0 Å². The van der Waals surface area contributed by atoms with E-state index in [1.165, 1.54) is 23.5 Å². The summed E-state index contributed by atoms with van der Waals surface area (Å²) in [6.45, 7) is 6.16. The van der Waals surface area contributed by atoms with E-state index in [1.807, 2.05) is 13.0 Å². The lowest BCUT2D eigenvalue weighted by molar-refractivity contribution is 0.0531. The van der Waals surface area contributed by atoms with Gasteiger partial charge in [0, 0.05) is 22.7 Å². The average Bonchev–Trinajstić information content (AvgIpc) is 3.22. The number of nitriles is 1. The highest BCUT2D eigenvalue weighted by atomic mass is 32.1. The summed E-state index contributed by atoms with van der Waals surface area (Å²) >= 11 is 1.32. The van der Waals surface area contributed by atoms with Crippen molar-refractivity contribution in [3.8, 4) is 16.6 Å². The van der Waals surface area contributed by atoms with Crippen molar-refractivity contribution in [1.82, 2.24) is 9.55 Å². The van der Waals surface area contributed by atoms with E-state index in [1.54, 1.807) is 6.92 Å². The Morgan fingerprint density at radius 2 is 2.26 bits per heavy atom. The van der Waals surface area contributed by atoms with E-state index in [4.69, 9.17) is 4.74 Å². The Hall–Kier alpha value is -2.65. The predicted octanol–water partition coefficient (Wildman–Crippen LogP) is 5.02. The number of hydrogen-bond donors (Lipinski definition) is 0. The minimum absolute atomic E-state index is 0.338. The van der Waals surface area contributed by atoms with Gasteiger partial charge in [0.05, 0.1) is 23.4 Å². The fourth-order valence-electron chi connectivity index (χ4n) is 3.95. The molecule has 1 atom stereocenters. The molecule has 1 aromatic carbocycles. The van der Waals surface area contributed by atoms with Gasteiger partial charge in [0.2, 0.25) is 0 Å². The van der Waals surface area contributed by atoms with Crippen molar-refractivity contribution in [3.63, 3.8) is 0 Å². The first-order chi connectivity index (χ1) is 13.0. The molecule has 27 heavy (non-hydrogen) atoms. The van der Waals surface area contributed by atoms with E-state index < -0.39 is 0 Å². The van der Waals surface area contributed by atoms with Crippen molar-refractivity contribution in [2.75, 3.05) is 6.61 Å². The molecule has 0 saturated carbocycles. The SMILES string of the molecule is CCOC(=O)c1sc(-c2cc(C#N)c3c(c2)cc2n3C(C)CCC2)nc1C. The smallest absolute Gasteiger partial charge is 0.350 e. The topological polar surface area (TPSA) is 67.9 Å². The summed E-state index contributed by atoms with van der Waals surface area (Å²) in [5.74, 6) is -0.339. The van der Waals surface area contributed by atoms with Crippen LogP contribution in [0.5, 0.6) is 0 Å². The van der Waals surface area contributed by atoms with E-state index in [-0.39, 0.29) is 5.97 Å². The van der Waals surface area contributed by atoms with Crippen LogP contribution in [0.3, 0.4) is 0 Å². The number of carbonyl (C=O) groups excluding carboxylic acids is 1. The number of ether oxygens (including phenoxy) is 1. The molecule has 0 radical (unpaired) electrons. The van der Waals surface area contributed by atoms with Gasteiger partial charge in [-0.1, -0.05) is 0 Å². The molecule has 0 aliphatic carbocycles. The van der Waals surface area contributed by atoms with Gasteiger partial charge in [0.25, 0.3) is 0 Å². The predicted molar refractivity (Wildman–Crippen MR) is 106 cm³/mol. The Bertz CT molecular complexity index is 1090. The summed E-state index contributed by atoms with van der Waals surface area (Å²) in [7, 11) is 0. The standard InChI is InChI=1S/C21H21N3O2S/c1-4-26-21(25)19-13(3)23-20(27-19)15-8-14-10-17-7-5-6-12(2)24(17)18(14)16(9-15)11-22/h8-10,12H,4-7H2,1-3H3. The molecule has 3 heterocycles. The van der Waals surface area contributed by atoms with Gasteiger partial charge in [-0.05, 0) is 58.2 Å². The number of esters is 1. The maximum absolute atomic E-state index is 12.1. The summed E-state index contributed by atoms with van der Waals surface area (Å²) in [4.78, 5) is 17.2. The quantitative estimate of drug-likeness (QED) is 0.599. The second kappa shape index (κ2) is 6.82. The molecule has 6 heteroatoms. The van der Waals surface area contributed by atoms with Crippen LogP contribution >= 0.6 is 11.3 Å². The molecule has 1 unspecified atom stereocenters. The lowest BCUT2D eigenvalue weighted by Gasteiger charge is -2.24. The zero-order chi connectivity index (χ0) is 19.1. The Labute approximate surface area is 162 Å². The van der Waals surface area contributed by atoms with Crippen molar-refractivity contribution in [2.24, 2.45) is 0 Å². The first-order valence-electron chi connectivity index (χ1n) is 9.26. The van der Waals surface area contributed by atoms with E-state index in [2.05, 4.69) is 34.7 Å². The molecular formula is C21H21N3O2S. The number of fused-ring (bicyclic) bond motifs is 3. The summed E-state index contributed by atoms with van der Waals surface area (Å²) < 4.78 is 7.43. The van der Waals surface area contributed by atoms with Crippen LogP contribution in [-0.4, -0.2) is 22.1 Å². The van der Waals surface area contributed by atoms with Gasteiger partial charge in [-0.15, -0.1) is 11.3 Å². The average molecular weight is 379 g/mol. The van der Waals surface area contributed by atoms with Gasteiger partial charge in [-0.25, -0.2) is 9.78 Å². The van der Waals surface area contributed by atoms with Crippen LogP contribution in [0.15, 0.2) is 18.2 Å². The van der Waals surface area contributed by atoms with Crippen LogP contribution in [-0.2, 0) is 11.2 Å². The number of benzene rings is 1. The van der Waals surface area contributed by atoms with E-state index >= 15 is 0 Å². The van der Waals surface area contributed by atoms with Gasteiger partial charge >= 0.3 is 5.97 Å². The zero-order valence-electron chi connectivity index (χ0n) is 15.7. The molecule has 138 valence electrons. The van der Waals surface area contributed by atoms with Crippen molar-refractivity contribution in [2.45, 2.75) is 46.1 Å². The molecular weight excluding hydrogens is 358 g/mol. The minimum atomic E-state index is -0.339. The molecule has 0 spiro atoms. The number of aromatic nitrogens is 2. The maximum Gasteiger partial charge on any atom is 0.350 e. The van der Waals surface area contributed by atoms with Crippen LogP contribution in [0.2, 0.25) is 0 Å². The normalized spacial score (nSPS) is 16.1. The van der Waals surface area contributed by atoms with Gasteiger partial charge < -0.3 is 9.30 Å². The van der Waals surface area contributed by atoms with Crippen LogP contribution in [0.25, 0.3) is 21.5 Å². The number of carbonyl (C=O) groups is 1. The second-order valence-corrected chi connectivity index (χ2v) is 7.97. The lowest BCUT2D eigenvalue weighted by Crippen LogP contribution is -2.14. The van der Waals surface area contributed by atoms with Gasteiger partial charge in [-0.2, -0.15) is 5.26 Å². The van der Waals surface area contributed by atoms with Gasteiger partial charge in [-0.3, -0.25) is 0 Å². The number of aryl methyl sites for hydroxylation is 2. The first kappa shape index (κ1) is 17.7. The fraction of sp³-hybridized carbons (Fsp3) is 0.381. The lowest BCUT2D eigenvalue weighted by atomic mass is 10.0. The number of hydrogen-bond acceptors (Lipinski definition) is 5. The van der Waals surface area contributed by atoms with Crippen molar-refractivity contribution < 1.29 is 9.53 Å². The van der Waals surface area contributed by atoms with Crippen LogP contribution in [0, 0.1) is 18.3 Å². The molecule has 0 N–H and O–H groups in total. The highest BCUT2D eigenvalue weighted by molar-refractivity contribution is 7.17. The fourth-order valence-corrected chi connectivity index (χ4v) is 4.89. The minimum Gasteiger partial charge on any atom is -0.462 e. The second-order valence-electron chi connectivity index (χ2n) is 6.97. The summed E-state index contributed by atoms with van der Waals surface area (Å²) in [5.41, 5.74) is 4.51. The zero-order valence-corrected chi connectivity index (χ0v) is 16.5. The molecule has 3 aromatic rings. The Morgan fingerprint density at radius 3 is 3.00 bits per heavy atom. The molecule has 0 fully saturated rings. The van der Waals surface area contributed by atoms with Gasteiger partial charge in [0.1, 0.15) is 16.0 Å². The number of thiazole rings is 1. The first-order valence-corrected chi connectivity index (χ1v) is 10.1. The Kier molecular flexibility index (Phi) is 4.48. The third kappa shape index (κ3) is 2.92. The summed E-state index contributed by atoms with van der Waals surface area (Å²) in [6.07, 6.45) is 3.36. The van der Waals surface area contributed by atoms with Crippen molar-refractivity contribution in [1.29, 1.82) is 5.26 Å². The van der Waals surface area contributed by atoms with E-state index in [0.717, 1.165) is 34.3 Å². The maximum atomic E-state index is 12.1. The molecule has 5 nitrogen and oxygen atoms in total. The monoisotopic (exact) mass is 379 g/mol. The molecule has 4 rings (SSSR count). The largest absolute Gasteiger partial charge is 0.462 e. The Balaban J connectivity index is 1.86. The molecule has 0 bridgehead atoms. The van der Waals surface area contributed by atoms with Crippen LogP contribution in [0.1, 0.15) is 59.4 Å². The highest BCUT2D eigenvalue weighted by Crippen LogP contribution is 2.37. The third-order valence-corrected chi connectivity index (χ3v) is 6.32. The highest BCUT2D eigenvalue weighted by Gasteiger charge is 2.23.